The molecule has 6 nitrogen and oxygen atoms in total. The summed E-state index contributed by atoms with van der Waals surface area (Å²) in [6.07, 6.45) is 1.19. The third kappa shape index (κ3) is 6.73. The molecule has 6 heteroatoms. The maximum atomic E-state index is 11.2. The number of hydrogen-bond acceptors (Lipinski definition) is 3. The van der Waals surface area contributed by atoms with Crippen molar-refractivity contribution in [2.24, 2.45) is 0 Å². The van der Waals surface area contributed by atoms with E-state index in [-0.39, 0.29) is 0 Å². The Labute approximate surface area is 89.4 Å². The van der Waals surface area contributed by atoms with Crippen molar-refractivity contribution >= 4 is 12.0 Å². The van der Waals surface area contributed by atoms with Crippen LogP contribution >= 0.6 is 0 Å². The SMILES string of the molecule is CC[C@H](NC(=O)NCCCNC)C(=O)O. The van der Waals surface area contributed by atoms with Gasteiger partial charge in [0.1, 0.15) is 6.04 Å². The first-order valence-corrected chi connectivity index (χ1v) is 5.03. The maximum absolute atomic E-state index is 11.2. The first kappa shape index (κ1) is 13.7. The fourth-order valence-corrected chi connectivity index (χ4v) is 1.01. The molecule has 15 heavy (non-hydrogen) atoms. The summed E-state index contributed by atoms with van der Waals surface area (Å²) in [6, 6.07) is -1.24. The fourth-order valence-electron chi connectivity index (χ4n) is 1.01. The zero-order valence-electron chi connectivity index (χ0n) is 9.17. The number of aliphatic carboxylic acids is 1. The van der Waals surface area contributed by atoms with Gasteiger partial charge in [-0.15, -0.1) is 0 Å². The van der Waals surface area contributed by atoms with Crippen LogP contribution in [-0.4, -0.2) is 43.3 Å². The molecule has 0 aromatic heterocycles. The normalized spacial score (nSPS) is 11.9. The molecule has 0 radical (unpaired) electrons. The first-order valence-electron chi connectivity index (χ1n) is 5.03. The highest BCUT2D eigenvalue weighted by atomic mass is 16.4. The van der Waals surface area contributed by atoms with Gasteiger partial charge in [0.2, 0.25) is 0 Å². The predicted molar refractivity (Wildman–Crippen MR) is 56.8 cm³/mol. The number of nitrogens with one attached hydrogen (secondary N) is 3. The topological polar surface area (TPSA) is 90.5 Å². The highest BCUT2D eigenvalue weighted by molar-refractivity contribution is 5.82. The van der Waals surface area contributed by atoms with E-state index in [0.717, 1.165) is 13.0 Å². The second-order valence-electron chi connectivity index (χ2n) is 3.16. The van der Waals surface area contributed by atoms with Gasteiger partial charge in [-0.2, -0.15) is 0 Å². The molecule has 0 aliphatic carbocycles. The van der Waals surface area contributed by atoms with Crippen molar-refractivity contribution in [1.29, 1.82) is 0 Å². The van der Waals surface area contributed by atoms with E-state index in [2.05, 4.69) is 16.0 Å². The number of carbonyl (C=O) groups excluding carboxylic acids is 1. The van der Waals surface area contributed by atoms with Crippen LogP contribution in [0.4, 0.5) is 4.79 Å². The lowest BCUT2D eigenvalue weighted by atomic mass is 10.2. The summed E-state index contributed by atoms with van der Waals surface area (Å²) in [7, 11) is 1.83. The lowest BCUT2D eigenvalue weighted by Crippen LogP contribution is -2.46. The molecule has 1 atom stereocenters. The van der Waals surface area contributed by atoms with E-state index < -0.39 is 18.0 Å². The number of carboxylic acids is 1. The molecule has 88 valence electrons. The van der Waals surface area contributed by atoms with Gasteiger partial charge in [0, 0.05) is 6.54 Å². The second kappa shape index (κ2) is 8.05. The molecule has 0 saturated carbocycles. The van der Waals surface area contributed by atoms with Crippen molar-refractivity contribution < 1.29 is 14.7 Å². The maximum Gasteiger partial charge on any atom is 0.326 e. The minimum absolute atomic E-state index is 0.374. The van der Waals surface area contributed by atoms with E-state index in [1.165, 1.54) is 0 Å². The minimum Gasteiger partial charge on any atom is -0.480 e. The van der Waals surface area contributed by atoms with Gasteiger partial charge in [0.05, 0.1) is 0 Å². The van der Waals surface area contributed by atoms with Crippen molar-refractivity contribution in [2.75, 3.05) is 20.1 Å². The Bertz CT molecular complexity index is 209. The molecule has 0 unspecified atom stereocenters. The summed E-state index contributed by atoms with van der Waals surface area (Å²) >= 11 is 0. The van der Waals surface area contributed by atoms with Crippen LogP contribution in [-0.2, 0) is 4.79 Å². The Hall–Kier alpha value is -1.30. The second-order valence-corrected chi connectivity index (χ2v) is 3.16. The molecular weight excluding hydrogens is 198 g/mol. The van der Waals surface area contributed by atoms with Crippen LogP contribution in [0.25, 0.3) is 0 Å². The fraction of sp³-hybridized carbons (Fsp3) is 0.778. The Kier molecular flexibility index (Phi) is 7.35. The molecule has 0 spiro atoms. The average molecular weight is 217 g/mol. The lowest BCUT2D eigenvalue weighted by Gasteiger charge is -2.12. The average Bonchev–Trinajstić information content (AvgIpc) is 2.20. The Morgan fingerprint density at radius 2 is 2.00 bits per heavy atom. The summed E-state index contributed by atoms with van der Waals surface area (Å²) < 4.78 is 0. The molecule has 0 heterocycles. The van der Waals surface area contributed by atoms with Crippen LogP contribution < -0.4 is 16.0 Å². The van der Waals surface area contributed by atoms with E-state index in [0.29, 0.717) is 13.0 Å². The molecule has 2 amide bonds. The Morgan fingerprint density at radius 1 is 1.33 bits per heavy atom. The Balaban J connectivity index is 3.67. The third-order valence-corrected chi connectivity index (χ3v) is 1.90. The predicted octanol–water partition coefficient (Wildman–Crippen LogP) is -0.242. The summed E-state index contributed by atoms with van der Waals surface area (Å²) in [5.74, 6) is -1.01. The summed E-state index contributed by atoms with van der Waals surface area (Å²) in [5.41, 5.74) is 0. The quantitative estimate of drug-likeness (QED) is 0.443. The molecule has 0 aliphatic heterocycles. The van der Waals surface area contributed by atoms with Gasteiger partial charge in [-0.25, -0.2) is 9.59 Å². The van der Waals surface area contributed by atoms with Crippen LogP contribution in [0.3, 0.4) is 0 Å². The van der Waals surface area contributed by atoms with Gasteiger partial charge in [-0.3, -0.25) is 0 Å². The molecule has 0 saturated heterocycles. The van der Waals surface area contributed by atoms with Crippen LogP contribution in [0.5, 0.6) is 0 Å². The molecular formula is C9H19N3O3. The summed E-state index contributed by atoms with van der Waals surface area (Å²) in [6.45, 7) is 3.05. The first-order chi connectivity index (χ1) is 7.11. The molecule has 0 aromatic carbocycles. The highest BCUT2D eigenvalue weighted by Gasteiger charge is 2.16. The van der Waals surface area contributed by atoms with Crippen LogP contribution in [0.2, 0.25) is 0 Å². The van der Waals surface area contributed by atoms with E-state index in [1.54, 1.807) is 6.92 Å². The van der Waals surface area contributed by atoms with E-state index in [1.807, 2.05) is 7.05 Å². The van der Waals surface area contributed by atoms with Crippen LogP contribution in [0.1, 0.15) is 19.8 Å². The Morgan fingerprint density at radius 3 is 2.47 bits per heavy atom. The van der Waals surface area contributed by atoms with Crippen LogP contribution in [0, 0.1) is 0 Å². The van der Waals surface area contributed by atoms with Gasteiger partial charge in [0.15, 0.2) is 0 Å². The number of rotatable bonds is 7. The van der Waals surface area contributed by atoms with E-state index in [9.17, 15) is 9.59 Å². The van der Waals surface area contributed by atoms with Gasteiger partial charge >= 0.3 is 12.0 Å². The number of hydrogen-bond donors (Lipinski definition) is 4. The highest BCUT2D eigenvalue weighted by Crippen LogP contribution is 1.90. The van der Waals surface area contributed by atoms with Gasteiger partial charge in [-0.1, -0.05) is 6.92 Å². The van der Waals surface area contributed by atoms with Crippen molar-refractivity contribution in [3.63, 3.8) is 0 Å². The lowest BCUT2D eigenvalue weighted by molar-refractivity contribution is -0.139. The third-order valence-electron chi connectivity index (χ3n) is 1.90. The number of urea groups is 1. The smallest absolute Gasteiger partial charge is 0.326 e. The zero-order chi connectivity index (χ0) is 11.7. The van der Waals surface area contributed by atoms with Crippen molar-refractivity contribution in [3.8, 4) is 0 Å². The summed E-state index contributed by atoms with van der Waals surface area (Å²) in [4.78, 5) is 21.8. The van der Waals surface area contributed by atoms with Gasteiger partial charge in [0.25, 0.3) is 0 Å². The largest absolute Gasteiger partial charge is 0.480 e. The zero-order valence-corrected chi connectivity index (χ0v) is 9.17. The summed E-state index contributed by atoms with van der Waals surface area (Å²) in [5, 5.41) is 16.6. The number of carbonyl (C=O) groups is 2. The van der Waals surface area contributed by atoms with Crippen molar-refractivity contribution in [1.82, 2.24) is 16.0 Å². The van der Waals surface area contributed by atoms with E-state index >= 15 is 0 Å². The van der Waals surface area contributed by atoms with Gasteiger partial charge in [-0.05, 0) is 26.4 Å². The van der Waals surface area contributed by atoms with E-state index in [4.69, 9.17) is 5.11 Å². The number of carboxylic acid groups (broad SMARTS) is 1. The number of amides is 2. The van der Waals surface area contributed by atoms with Crippen molar-refractivity contribution in [3.05, 3.63) is 0 Å². The van der Waals surface area contributed by atoms with Crippen molar-refractivity contribution in [2.45, 2.75) is 25.8 Å². The molecule has 0 aliphatic rings. The molecule has 4 N–H and O–H groups in total. The monoisotopic (exact) mass is 217 g/mol. The van der Waals surface area contributed by atoms with Crippen LogP contribution in [0.15, 0.2) is 0 Å². The molecule has 0 fully saturated rings. The van der Waals surface area contributed by atoms with Gasteiger partial charge < -0.3 is 21.1 Å². The standard InChI is InChI=1S/C9H19N3O3/c1-3-7(8(13)14)12-9(15)11-6-4-5-10-2/h7,10H,3-6H2,1-2H3,(H,13,14)(H2,11,12,15)/t7-/m0/s1. The molecule has 0 rings (SSSR count). The minimum atomic E-state index is -1.01. The molecule has 0 aromatic rings. The molecule has 0 bridgehead atoms.